The first-order valence-electron chi connectivity index (χ1n) is 11.9. The predicted molar refractivity (Wildman–Crippen MR) is 126 cm³/mol. The van der Waals surface area contributed by atoms with E-state index < -0.39 is 11.6 Å². The highest BCUT2D eigenvalue weighted by molar-refractivity contribution is 5.86. The zero-order valence-electron chi connectivity index (χ0n) is 19.2. The lowest BCUT2D eigenvalue weighted by atomic mass is 9.88. The van der Waals surface area contributed by atoms with E-state index in [4.69, 9.17) is 0 Å². The molecule has 4 nitrogen and oxygen atoms in total. The molecule has 3 aromatic rings. The molecule has 1 aromatic heterocycles. The van der Waals surface area contributed by atoms with Crippen molar-refractivity contribution in [1.29, 1.82) is 0 Å². The molecule has 2 aliphatic rings. The van der Waals surface area contributed by atoms with Crippen molar-refractivity contribution in [2.24, 2.45) is 0 Å². The molecule has 2 atom stereocenters. The van der Waals surface area contributed by atoms with E-state index in [2.05, 4.69) is 34.1 Å². The Hall–Kier alpha value is -2.51. The van der Waals surface area contributed by atoms with Gasteiger partial charge in [0.25, 0.3) is 0 Å². The van der Waals surface area contributed by atoms with Gasteiger partial charge in [-0.3, -0.25) is 0 Å². The van der Waals surface area contributed by atoms with Crippen molar-refractivity contribution in [1.82, 2.24) is 15.2 Å². The highest BCUT2D eigenvalue weighted by Gasteiger charge is 2.32. The fourth-order valence-corrected chi connectivity index (χ4v) is 5.29. The van der Waals surface area contributed by atoms with E-state index in [-0.39, 0.29) is 17.9 Å². The van der Waals surface area contributed by atoms with Gasteiger partial charge in [0.1, 0.15) is 17.5 Å². The molecule has 2 aliphatic heterocycles. The number of likely N-dealkylation sites (N-methyl/N-ethyl adjacent to an activating group) is 1. The second-order valence-electron chi connectivity index (χ2n) is 9.47. The summed E-state index contributed by atoms with van der Waals surface area (Å²) in [7, 11) is 2.08. The van der Waals surface area contributed by atoms with Gasteiger partial charge in [-0.15, -0.1) is 0 Å². The molecule has 0 bridgehead atoms. The standard InChI is InChI=1S/C26H31F3N4/c1-3-4-5-18-15-20-19-13-17(27)14-22(29)25(19)31-26(20)24(30-18)16-6-7-23(21(28)12-16)33-10-8-32(2)9-11-33/h6-7,12-14,18,24,30-31H,3-5,8-11,15H2,1-2H3/t18-,24-/m0/s1. The fraction of sp³-hybridized carbons (Fsp3) is 0.462. The molecule has 7 heteroatoms. The van der Waals surface area contributed by atoms with Crippen molar-refractivity contribution in [2.45, 2.75) is 44.7 Å². The summed E-state index contributed by atoms with van der Waals surface area (Å²) < 4.78 is 43.9. The molecule has 0 aliphatic carbocycles. The van der Waals surface area contributed by atoms with Crippen molar-refractivity contribution < 1.29 is 13.2 Å². The van der Waals surface area contributed by atoms with Gasteiger partial charge in [0, 0.05) is 49.4 Å². The normalized spacial score (nSPS) is 21.5. The smallest absolute Gasteiger partial charge is 0.150 e. The molecule has 5 rings (SSSR count). The van der Waals surface area contributed by atoms with Gasteiger partial charge in [-0.2, -0.15) is 0 Å². The fourth-order valence-electron chi connectivity index (χ4n) is 5.29. The number of nitrogens with one attached hydrogen (secondary N) is 2. The third-order valence-electron chi connectivity index (χ3n) is 7.16. The van der Waals surface area contributed by atoms with Crippen LogP contribution in [0.15, 0.2) is 30.3 Å². The Morgan fingerprint density at radius 2 is 1.79 bits per heavy atom. The van der Waals surface area contributed by atoms with Gasteiger partial charge in [0.05, 0.1) is 17.2 Å². The van der Waals surface area contributed by atoms with Crippen LogP contribution >= 0.6 is 0 Å². The van der Waals surface area contributed by atoms with E-state index in [1.165, 1.54) is 6.07 Å². The Balaban J connectivity index is 1.53. The first-order valence-corrected chi connectivity index (χ1v) is 11.9. The SMILES string of the molecule is CCCC[C@H]1Cc2c([nH]c3c(F)cc(F)cc23)[C@H](c2ccc(N3CCN(C)CC3)c(F)c2)N1. The number of piperazine rings is 1. The van der Waals surface area contributed by atoms with E-state index in [0.29, 0.717) is 23.0 Å². The molecule has 0 radical (unpaired) electrons. The summed E-state index contributed by atoms with van der Waals surface area (Å²) in [6, 6.07) is 7.59. The van der Waals surface area contributed by atoms with Gasteiger partial charge >= 0.3 is 0 Å². The molecule has 2 aromatic carbocycles. The van der Waals surface area contributed by atoms with Crippen LogP contribution in [0.3, 0.4) is 0 Å². The van der Waals surface area contributed by atoms with Crippen LogP contribution in [0.25, 0.3) is 10.9 Å². The van der Waals surface area contributed by atoms with Gasteiger partial charge in [-0.05, 0) is 49.2 Å². The van der Waals surface area contributed by atoms with Crippen LogP contribution in [0.2, 0.25) is 0 Å². The Morgan fingerprint density at radius 3 is 2.52 bits per heavy atom. The average Bonchev–Trinajstić information content (AvgIpc) is 3.17. The molecule has 0 spiro atoms. The Morgan fingerprint density at radius 1 is 1.00 bits per heavy atom. The van der Waals surface area contributed by atoms with E-state index >= 15 is 4.39 Å². The quantitative estimate of drug-likeness (QED) is 0.559. The molecule has 0 unspecified atom stereocenters. The molecular formula is C26H31F3N4. The number of aromatic nitrogens is 1. The minimum Gasteiger partial charge on any atom is -0.367 e. The van der Waals surface area contributed by atoms with Crippen LogP contribution in [-0.4, -0.2) is 49.2 Å². The van der Waals surface area contributed by atoms with Crippen LogP contribution < -0.4 is 10.2 Å². The van der Waals surface area contributed by atoms with E-state index in [1.54, 1.807) is 6.07 Å². The number of aromatic amines is 1. The minimum atomic E-state index is -0.597. The second kappa shape index (κ2) is 9.03. The van der Waals surface area contributed by atoms with Crippen LogP contribution in [0.4, 0.5) is 18.9 Å². The number of benzene rings is 2. The molecule has 0 saturated carbocycles. The number of hydrogen-bond donors (Lipinski definition) is 2. The highest BCUT2D eigenvalue weighted by Crippen LogP contribution is 2.38. The minimum absolute atomic E-state index is 0.160. The molecular weight excluding hydrogens is 425 g/mol. The maximum Gasteiger partial charge on any atom is 0.150 e. The zero-order chi connectivity index (χ0) is 23.1. The van der Waals surface area contributed by atoms with Crippen LogP contribution in [0.1, 0.15) is 49.0 Å². The lowest BCUT2D eigenvalue weighted by Gasteiger charge is -2.35. The molecule has 2 N–H and O–H groups in total. The van der Waals surface area contributed by atoms with Crippen molar-refractivity contribution in [2.75, 3.05) is 38.1 Å². The molecule has 3 heterocycles. The largest absolute Gasteiger partial charge is 0.367 e. The van der Waals surface area contributed by atoms with Gasteiger partial charge in [0.2, 0.25) is 0 Å². The average molecular weight is 457 g/mol. The van der Waals surface area contributed by atoms with E-state index in [1.807, 2.05) is 12.1 Å². The zero-order valence-corrected chi connectivity index (χ0v) is 19.2. The predicted octanol–water partition coefficient (Wildman–Crippen LogP) is 5.13. The topological polar surface area (TPSA) is 34.3 Å². The summed E-state index contributed by atoms with van der Waals surface area (Å²) in [4.78, 5) is 7.52. The maximum atomic E-state index is 15.3. The monoisotopic (exact) mass is 456 g/mol. The molecule has 0 amide bonds. The van der Waals surface area contributed by atoms with Crippen molar-refractivity contribution >= 4 is 16.6 Å². The maximum absolute atomic E-state index is 15.3. The number of halogens is 3. The lowest BCUT2D eigenvalue weighted by Crippen LogP contribution is -2.44. The lowest BCUT2D eigenvalue weighted by molar-refractivity contribution is 0.311. The number of fused-ring (bicyclic) bond motifs is 3. The number of H-pyrrole nitrogens is 1. The molecule has 1 saturated heterocycles. The first-order chi connectivity index (χ1) is 15.9. The third-order valence-corrected chi connectivity index (χ3v) is 7.16. The number of nitrogens with zero attached hydrogens (tertiary/aromatic N) is 2. The summed E-state index contributed by atoms with van der Waals surface area (Å²) in [5, 5.41) is 4.24. The van der Waals surface area contributed by atoms with E-state index in [0.717, 1.165) is 68.3 Å². The third kappa shape index (κ3) is 4.24. The number of hydrogen-bond acceptors (Lipinski definition) is 3. The van der Waals surface area contributed by atoms with Gasteiger partial charge in [-0.1, -0.05) is 25.8 Å². The first kappa shape index (κ1) is 22.3. The van der Waals surface area contributed by atoms with Gasteiger partial charge in [0.15, 0.2) is 0 Å². The number of unbranched alkanes of at least 4 members (excludes halogenated alkanes) is 1. The Kier molecular flexibility index (Phi) is 6.10. The van der Waals surface area contributed by atoms with Crippen molar-refractivity contribution in [3.8, 4) is 0 Å². The van der Waals surface area contributed by atoms with Gasteiger partial charge < -0.3 is 20.1 Å². The molecule has 176 valence electrons. The second-order valence-corrected chi connectivity index (χ2v) is 9.47. The van der Waals surface area contributed by atoms with Crippen molar-refractivity contribution in [3.05, 3.63) is 64.6 Å². The summed E-state index contributed by atoms with van der Waals surface area (Å²) in [5.74, 6) is -1.42. The Bertz CT molecular complexity index is 1150. The summed E-state index contributed by atoms with van der Waals surface area (Å²) in [6.45, 7) is 5.56. The number of anilines is 1. The highest BCUT2D eigenvalue weighted by atomic mass is 19.1. The summed E-state index contributed by atoms with van der Waals surface area (Å²) >= 11 is 0. The van der Waals surface area contributed by atoms with Crippen molar-refractivity contribution in [3.63, 3.8) is 0 Å². The number of rotatable bonds is 5. The molecule has 33 heavy (non-hydrogen) atoms. The summed E-state index contributed by atoms with van der Waals surface area (Å²) in [6.07, 6.45) is 3.78. The van der Waals surface area contributed by atoms with E-state index in [9.17, 15) is 8.78 Å². The van der Waals surface area contributed by atoms with Gasteiger partial charge in [-0.25, -0.2) is 13.2 Å². The Labute approximate surface area is 192 Å². The summed E-state index contributed by atoms with van der Waals surface area (Å²) in [5.41, 5.74) is 3.46. The van der Waals surface area contributed by atoms with Crippen LogP contribution in [0.5, 0.6) is 0 Å². The van der Waals surface area contributed by atoms with Crippen LogP contribution in [-0.2, 0) is 6.42 Å². The molecule has 1 fully saturated rings. The van der Waals surface area contributed by atoms with Crippen LogP contribution in [0, 0.1) is 17.5 Å².